The molecule has 0 aromatic heterocycles. The zero-order valence-electron chi connectivity index (χ0n) is 9.21. The standard InChI is InChI=1S/C13H21N/c1-12-5-7-13(8-6-12)11-14-9-3-2-4-10-14/h5,7-8,12H,2-4,6,9-11H2,1H3/t12-/m0/s1. The highest BCUT2D eigenvalue weighted by Gasteiger charge is 2.11. The van der Waals surface area contributed by atoms with E-state index in [0.717, 1.165) is 5.92 Å². The fraction of sp³-hybridized carbons (Fsp3) is 0.692. The minimum absolute atomic E-state index is 0.750. The van der Waals surface area contributed by atoms with Crippen LogP contribution in [0.3, 0.4) is 0 Å². The van der Waals surface area contributed by atoms with Crippen LogP contribution in [0.15, 0.2) is 23.8 Å². The highest BCUT2D eigenvalue weighted by Crippen LogP contribution is 2.18. The fourth-order valence-corrected chi connectivity index (χ4v) is 2.26. The molecule has 0 aromatic rings. The molecule has 1 aliphatic heterocycles. The van der Waals surface area contributed by atoms with E-state index in [1.165, 1.54) is 50.9 Å². The van der Waals surface area contributed by atoms with Crippen molar-refractivity contribution in [2.24, 2.45) is 5.92 Å². The number of rotatable bonds is 2. The van der Waals surface area contributed by atoms with Gasteiger partial charge in [-0.05, 0) is 43.8 Å². The monoisotopic (exact) mass is 191 g/mol. The Bertz CT molecular complexity index is 234. The second-order valence-corrected chi connectivity index (χ2v) is 4.69. The van der Waals surface area contributed by atoms with Gasteiger partial charge in [0.25, 0.3) is 0 Å². The Morgan fingerprint density at radius 2 is 2.07 bits per heavy atom. The van der Waals surface area contributed by atoms with Gasteiger partial charge < -0.3 is 0 Å². The van der Waals surface area contributed by atoms with E-state index in [0.29, 0.717) is 0 Å². The van der Waals surface area contributed by atoms with Gasteiger partial charge in [0.15, 0.2) is 0 Å². The van der Waals surface area contributed by atoms with Crippen LogP contribution in [-0.4, -0.2) is 24.5 Å². The minimum atomic E-state index is 0.750. The van der Waals surface area contributed by atoms with Crippen molar-refractivity contribution in [2.75, 3.05) is 19.6 Å². The lowest BCUT2D eigenvalue weighted by atomic mass is 9.98. The lowest BCUT2D eigenvalue weighted by molar-refractivity contribution is 0.247. The van der Waals surface area contributed by atoms with Gasteiger partial charge in [0, 0.05) is 6.54 Å². The number of hydrogen-bond donors (Lipinski definition) is 0. The Kier molecular flexibility index (Phi) is 3.41. The van der Waals surface area contributed by atoms with Crippen molar-refractivity contribution in [1.29, 1.82) is 0 Å². The van der Waals surface area contributed by atoms with Gasteiger partial charge in [-0.25, -0.2) is 0 Å². The summed E-state index contributed by atoms with van der Waals surface area (Å²) in [5.74, 6) is 0.750. The van der Waals surface area contributed by atoms with E-state index in [4.69, 9.17) is 0 Å². The van der Waals surface area contributed by atoms with Crippen LogP contribution in [-0.2, 0) is 0 Å². The van der Waals surface area contributed by atoms with E-state index in [-0.39, 0.29) is 0 Å². The molecule has 2 rings (SSSR count). The summed E-state index contributed by atoms with van der Waals surface area (Å²) in [6.07, 6.45) is 12.5. The zero-order chi connectivity index (χ0) is 9.80. The number of nitrogens with zero attached hydrogens (tertiary/aromatic N) is 1. The Hall–Kier alpha value is -0.560. The molecule has 78 valence electrons. The summed E-state index contributed by atoms with van der Waals surface area (Å²) in [5.41, 5.74) is 1.53. The highest BCUT2D eigenvalue weighted by molar-refractivity contribution is 5.24. The Labute approximate surface area is 87.5 Å². The summed E-state index contributed by atoms with van der Waals surface area (Å²) in [7, 11) is 0. The van der Waals surface area contributed by atoms with E-state index < -0.39 is 0 Å². The van der Waals surface area contributed by atoms with Gasteiger partial charge in [-0.2, -0.15) is 0 Å². The van der Waals surface area contributed by atoms with Crippen LogP contribution < -0.4 is 0 Å². The van der Waals surface area contributed by atoms with Crippen molar-refractivity contribution < 1.29 is 0 Å². The molecule has 0 unspecified atom stereocenters. The minimum Gasteiger partial charge on any atom is -0.299 e. The van der Waals surface area contributed by atoms with E-state index in [9.17, 15) is 0 Å². The van der Waals surface area contributed by atoms with Gasteiger partial charge >= 0.3 is 0 Å². The Morgan fingerprint density at radius 1 is 1.29 bits per heavy atom. The Morgan fingerprint density at radius 3 is 2.71 bits per heavy atom. The summed E-state index contributed by atoms with van der Waals surface area (Å²) >= 11 is 0. The molecule has 2 aliphatic rings. The molecule has 0 spiro atoms. The predicted molar refractivity (Wildman–Crippen MR) is 61.3 cm³/mol. The van der Waals surface area contributed by atoms with Gasteiger partial charge in [0.05, 0.1) is 0 Å². The molecule has 0 saturated carbocycles. The molecule has 1 aliphatic carbocycles. The van der Waals surface area contributed by atoms with E-state index >= 15 is 0 Å². The molecular weight excluding hydrogens is 170 g/mol. The van der Waals surface area contributed by atoms with Crippen molar-refractivity contribution in [3.63, 3.8) is 0 Å². The normalized spacial score (nSPS) is 28.9. The first-order valence-corrected chi connectivity index (χ1v) is 5.94. The van der Waals surface area contributed by atoms with E-state index in [1.807, 2.05) is 0 Å². The van der Waals surface area contributed by atoms with Crippen LogP contribution in [0.1, 0.15) is 32.6 Å². The molecule has 1 atom stereocenters. The lowest BCUT2D eigenvalue weighted by Gasteiger charge is -2.27. The summed E-state index contributed by atoms with van der Waals surface area (Å²) in [6.45, 7) is 6.08. The maximum Gasteiger partial charge on any atom is 0.0230 e. The molecule has 0 bridgehead atoms. The van der Waals surface area contributed by atoms with Crippen molar-refractivity contribution in [3.05, 3.63) is 23.8 Å². The summed E-state index contributed by atoms with van der Waals surface area (Å²) in [4.78, 5) is 2.59. The Balaban J connectivity index is 1.82. The van der Waals surface area contributed by atoms with E-state index in [1.54, 1.807) is 0 Å². The maximum absolute atomic E-state index is 2.59. The number of likely N-dealkylation sites (tertiary alicyclic amines) is 1. The molecule has 0 N–H and O–H groups in total. The van der Waals surface area contributed by atoms with Crippen molar-refractivity contribution in [3.8, 4) is 0 Å². The molecule has 14 heavy (non-hydrogen) atoms. The lowest BCUT2D eigenvalue weighted by Crippen LogP contribution is -2.31. The fourth-order valence-electron chi connectivity index (χ4n) is 2.26. The summed E-state index contributed by atoms with van der Waals surface area (Å²) in [5, 5.41) is 0. The van der Waals surface area contributed by atoms with Gasteiger partial charge in [0.1, 0.15) is 0 Å². The van der Waals surface area contributed by atoms with Crippen LogP contribution >= 0.6 is 0 Å². The second kappa shape index (κ2) is 4.79. The van der Waals surface area contributed by atoms with Gasteiger partial charge in [-0.1, -0.05) is 31.6 Å². The van der Waals surface area contributed by atoms with Crippen LogP contribution in [0.5, 0.6) is 0 Å². The van der Waals surface area contributed by atoms with Crippen LogP contribution in [0.4, 0.5) is 0 Å². The number of hydrogen-bond acceptors (Lipinski definition) is 1. The molecule has 1 heteroatoms. The van der Waals surface area contributed by atoms with Crippen LogP contribution in [0, 0.1) is 5.92 Å². The molecular formula is C13H21N. The third-order valence-electron chi connectivity index (χ3n) is 3.25. The van der Waals surface area contributed by atoms with Crippen molar-refractivity contribution in [2.45, 2.75) is 32.6 Å². The number of allylic oxidation sites excluding steroid dienone is 2. The van der Waals surface area contributed by atoms with Crippen molar-refractivity contribution in [1.82, 2.24) is 4.90 Å². The van der Waals surface area contributed by atoms with Crippen LogP contribution in [0.25, 0.3) is 0 Å². The largest absolute Gasteiger partial charge is 0.299 e. The second-order valence-electron chi connectivity index (χ2n) is 4.69. The molecule has 0 amide bonds. The summed E-state index contributed by atoms with van der Waals surface area (Å²) < 4.78 is 0. The molecule has 1 fully saturated rings. The smallest absolute Gasteiger partial charge is 0.0230 e. The van der Waals surface area contributed by atoms with Gasteiger partial charge in [0.2, 0.25) is 0 Å². The van der Waals surface area contributed by atoms with Gasteiger partial charge in [-0.15, -0.1) is 0 Å². The number of piperidine rings is 1. The third kappa shape index (κ3) is 2.71. The first-order valence-electron chi connectivity index (χ1n) is 5.94. The third-order valence-corrected chi connectivity index (χ3v) is 3.25. The van der Waals surface area contributed by atoms with Crippen molar-refractivity contribution >= 4 is 0 Å². The molecule has 1 nitrogen and oxygen atoms in total. The van der Waals surface area contributed by atoms with Crippen LogP contribution in [0.2, 0.25) is 0 Å². The molecule has 1 heterocycles. The maximum atomic E-state index is 2.59. The average molecular weight is 191 g/mol. The van der Waals surface area contributed by atoms with Gasteiger partial charge in [-0.3, -0.25) is 4.90 Å². The molecule has 1 saturated heterocycles. The van der Waals surface area contributed by atoms with E-state index in [2.05, 4.69) is 30.1 Å². The predicted octanol–water partition coefficient (Wildman–Crippen LogP) is 2.99. The highest BCUT2D eigenvalue weighted by atomic mass is 15.1. The first-order chi connectivity index (χ1) is 6.84. The average Bonchev–Trinajstić information content (AvgIpc) is 2.23. The summed E-state index contributed by atoms with van der Waals surface area (Å²) in [6, 6.07) is 0. The first kappa shape index (κ1) is 9.97. The molecule has 0 aromatic carbocycles. The topological polar surface area (TPSA) is 3.24 Å². The quantitative estimate of drug-likeness (QED) is 0.648. The molecule has 0 radical (unpaired) electrons. The SMILES string of the molecule is C[C@H]1C=CC(CN2CCCCC2)=CC1. The zero-order valence-corrected chi connectivity index (χ0v) is 9.21.